The summed E-state index contributed by atoms with van der Waals surface area (Å²) in [4.78, 5) is 13.3. The van der Waals surface area contributed by atoms with Crippen LogP contribution in [0, 0.1) is 0 Å². The molecule has 1 aromatic carbocycles. The molecule has 0 aromatic heterocycles. The van der Waals surface area contributed by atoms with Gasteiger partial charge >= 0.3 is 0 Å². The lowest BCUT2D eigenvalue weighted by Gasteiger charge is -2.31. The highest BCUT2D eigenvalue weighted by molar-refractivity contribution is 7.89. The first kappa shape index (κ1) is 19.3. The molecule has 3 rings (SSSR count). The molecule has 1 aromatic rings. The van der Waals surface area contributed by atoms with E-state index in [0.717, 1.165) is 0 Å². The predicted molar refractivity (Wildman–Crippen MR) is 101 cm³/mol. The van der Waals surface area contributed by atoms with Crippen molar-refractivity contribution in [1.29, 1.82) is 0 Å². The molecule has 26 heavy (non-hydrogen) atoms. The maximum atomic E-state index is 12.6. The molecule has 1 saturated heterocycles. The van der Waals surface area contributed by atoms with Crippen LogP contribution >= 0.6 is 0 Å². The van der Waals surface area contributed by atoms with E-state index in [0.29, 0.717) is 36.7 Å². The number of nitrogens with zero attached hydrogens (tertiary/aromatic N) is 1. The van der Waals surface area contributed by atoms with Gasteiger partial charge in [-0.1, -0.05) is 31.4 Å². The van der Waals surface area contributed by atoms with E-state index in [1.165, 1.54) is 37.7 Å². The molecular weight excluding hydrogens is 350 g/mol. The molecule has 144 valence electrons. The van der Waals surface area contributed by atoms with Crippen LogP contribution in [0.5, 0.6) is 0 Å². The Labute approximate surface area is 156 Å². The van der Waals surface area contributed by atoms with Crippen molar-refractivity contribution in [1.82, 2.24) is 9.62 Å². The summed E-state index contributed by atoms with van der Waals surface area (Å²) in [6, 6.07) is 7.31. The van der Waals surface area contributed by atoms with Gasteiger partial charge in [0, 0.05) is 19.1 Å². The molecule has 1 aliphatic heterocycles. The summed E-state index contributed by atoms with van der Waals surface area (Å²) in [5.41, 5.74) is 6.46. The SMILES string of the molecule is NC(=O)CN1CCC(NS(=O)(=O)c2ccc(C3CCCCC3)cc2)CC1. The normalized spacial score (nSPS) is 20.9. The Bertz CT molecular complexity index is 704. The number of rotatable bonds is 6. The molecule has 1 heterocycles. The van der Waals surface area contributed by atoms with E-state index in [1.54, 1.807) is 12.1 Å². The van der Waals surface area contributed by atoms with Gasteiger partial charge in [0.05, 0.1) is 11.4 Å². The minimum absolute atomic E-state index is 0.0952. The van der Waals surface area contributed by atoms with Gasteiger partial charge in [-0.2, -0.15) is 0 Å². The van der Waals surface area contributed by atoms with E-state index in [9.17, 15) is 13.2 Å². The van der Waals surface area contributed by atoms with Crippen molar-refractivity contribution >= 4 is 15.9 Å². The van der Waals surface area contributed by atoms with Crippen LogP contribution in [0.4, 0.5) is 0 Å². The number of piperidine rings is 1. The third-order valence-electron chi connectivity index (χ3n) is 5.56. The second kappa shape index (κ2) is 8.50. The molecule has 1 saturated carbocycles. The van der Waals surface area contributed by atoms with Crippen molar-refractivity contribution in [3.05, 3.63) is 29.8 Å². The Hall–Kier alpha value is -1.44. The van der Waals surface area contributed by atoms with Crippen LogP contribution < -0.4 is 10.5 Å². The number of nitrogens with one attached hydrogen (secondary N) is 1. The van der Waals surface area contributed by atoms with Crippen LogP contribution in [0.3, 0.4) is 0 Å². The fourth-order valence-electron chi connectivity index (χ4n) is 4.07. The third kappa shape index (κ3) is 5.05. The van der Waals surface area contributed by atoms with Gasteiger partial charge in [0.15, 0.2) is 0 Å². The molecule has 2 aliphatic rings. The number of primary amides is 1. The standard InChI is InChI=1S/C19H29N3O3S/c20-19(23)14-22-12-10-17(11-13-22)21-26(24,25)18-8-6-16(7-9-18)15-4-2-1-3-5-15/h6-9,15,17,21H,1-5,10-14H2,(H2,20,23). The number of nitrogens with two attached hydrogens (primary N) is 1. The molecule has 0 radical (unpaired) electrons. The van der Waals surface area contributed by atoms with Crippen molar-refractivity contribution < 1.29 is 13.2 Å². The van der Waals surface area contributed by atoms with E-state index in [2.05, 4.69) is 4.72 Å². The first-order valence-electron chi connectivity index (χ1n) is 9.57. The van der Waals surface area contributed by atoms with Gasteiger partial charge in [-0.05, 0) is 49.3 Å². The summed E-state index contributed by atoms with van der Waals surface area (Å²) in [7, 11) is -3.51. The zero-order valence-electron chi connectivity index (χ0n) is 15.2. The highest BCUT2D eigenvalue weighted by Gasteiger charge is 2.25. The summed E-state index contributed by atoms with van der Waals surface area (Å²) in [5, 5.41) is 0. The second-order valence-corrected chi connectivity index (χ2v) is 9.26. The van der Waals surface area contributed by atoms with Gasteiger partial charge in [-0.3, -0.25) is 9.69 Å². The number of carbonyl (C=O) groups excluding carboxylic acids is 1. The number of sulfonamides is 1. The molecule has 7 heteroatoms. The van der Waals surface area contributed by atoms with E-state index >= 15 is 0 Å². The summed E-state index contributed by atoms with van der Waals surface area (Å²) in [5.74, 6) is 0.227. The fourth-order valence-corrected chi connectivity index (χ4v) is 5.38. The van der Waals surface area contributed by atoms with E-state index in [4.69, 9.17) is 5.73 Å². The lowest BCUT2D eigenvalue weighted by atomic mass is 9.84. The first-order valence-corrected chi connectivity index (χ1v) is 11.1. The Morgan fingerprint density at radius 3 is 2.23 bits per heavy atom. The van der Waals surface area contributed by atoms with E-state index in [-0.39, 0.29) is 18.5 Å². The summed E-state index contributed by atoms with van der Waals surface area (Å²) >= 11 is 0. The molecule has 3 N–H and O–H groups in total. The molecule has 0 spiro atoms. The molecular formula is C19H29N3O3S. The summed E-state index contributed by atoms with van der Waals surface area (Å²) < 4.78 is 28.1. The molecule has 1 amide bonds. The average Bonchev–Trinajstić information content (AvgIpc) is 2.64. The van der Waals surface area contributed by atoms with Gasteiger partial charge in [0.25, 0.3) is 0 Å². The number of benzene rings is 1. The van der Waals surface area contributed by atoms with Crippen molar-refractivity contribution in [2.75, 3.05) is 19.6 Å². The van der Waals surface area contributed by atoms with Crippen LogP contribution in [-0.2, 0) is 14.8 Å². The topological polar surface area (TPSA) is 92.5 Å². The molecule has 6 nitrogen and oxygen atoms in total. The average molecular weight is 380 g/mol. The maximum absolute atomic E-state index is 12.6. The molecule has 0 unspecified atom stereocenters. The Balaban J connectivity index is 1.57. The fraction of sp³-hybridized carbons (Fsp3) is 0.632. The van der Waals surface area contributed by atoms with Gasteiger partial charge in [-0.25, -0.2) is 13.1 Å². The first-order chi connectivity index (χ1) is 12.4. The van der Waals surface area contributed by atoms with Gasteiger partial charge in [-0.15, -0.1) is 0 Å². The molecule has 2 fully saturated rings. The van der Waals surface area contributed by atoms with Crippen LogP contribution in [0.2, 0.25) is 0 Å². The van der Waals surface area contributed by atoms with Gasteiger partial charge in [0.2, 0.25) is 15.9 Å². The molecule has 1 aliphatic carbocycles. The number of carbonyl (C=O) groups is 1. The smallest absolute Gasteiger partial charge is 0.240 e. The van der Waals surface area contributed by atoms with Crippen molar-refractivity contribution in [2.45, 2.75) is 61.8 Å². The minimum Gasteiger partial charge on any atom is -0.369 e. The zero-order valence-corrected chi connectivity index (χ0v) is 16.0. The molecule has 0 bridgehead atoms. The van der Waals surface area contributed by atoms with E-state index in [1.807, 2.05) is 17.0 Å². The van der Waals surface area contributed by atoms with Crippen LogP contribution in [0.25, 0.3) is 0 Å². The highest BCUT2D eigenvalue weighted by Crippen LogP contribution is 2.32. The van der Waals surface area contributed by atoms with Crippen LogP contribution in [0.15, 0.2) is 29.2 Å². The number of hydrogen-bond acceptors (Lipinski definition) is 4. The quantitative estimate of drug-likeness (QED) is 0.790. The third-order valence-corrected chi connectivity index (χ3v) is 7.09. The summed E-state index contributed by atoms with van der Waals surface area (Å²) in [6.45, 7) is 1.59. The Kier molecular flexibility index (Phi) is 6.32. The monoisotopic (exact) mass is 379 g/mol. The lowest BCUT2D eigenvalue weighted by molar-refractivity contribution is -0.119. The zero-order chi connectivity index (χ0) is 18.6. The second-order valence-electron chi connectivity index (χ2n) is 7.54. The highest BCUT2D eigenvalue weighted by atomic mass is 32.2. The number of hydrogen-bond donors (Lipinski definition) is 2. The maximum Gasteiger partial charge on any atom is 0.240 e. The van der Waals surface area contributed by atoms with Crippen molar-refractivity contribution in [3.63, 3.8) is 0 Å². The Morgan fingerprint density at radius 2 is 1.65 bits per heavy atom. The lowest BCUT2D eigenvalue weighted by Crippen LogP contribution is -2.46. The van der Waals surface area contributed by atoms with Crippen LogP contribution in [-0.4, -0.2) is 44.9 Å². The van der Waals surface area contributed by atoms with Crippen molar-refractivity contribution in [3.8, 4) is 0 Å². The van der Waals surface area contributed by atoms with Crippen LogP contribution in [0.1, 0.15) is 56.4 Å². The number of amides is 1. The predicted octanol–water partition coefficient (Wildman–Crippen LogP) is 1.96. The largest absolute Gasteiger partial charge is 0.369 e. The number of likely N-dealkylation sites (tertiary alicyclic amines) is 1. The molecule has 0 atom stereocenters. The van der Waals surface area contributed by atoms with E-state index < -0.39 is 10.0 Å². The van der Waals surface area contributed by atoms with Crippen molar-refractivity contribution in [2.24, 2.45) is 5.73 Å². The minimum atomic E-state index is -3.51. The summed E-state index contributed by atoms with van der Waals surface area (Å²) in [6.07, 6.45) is 7.62. The Morgan fingerprint density at radius 1 is 1.04 bits per heavy atom. The van der Waals surface area contributed by atoms with Gasteiger partial charge in [0.1, 0.15) is 0 Å². The van der Waals surface area contributed by atoms with Gasteiger partial charge < -0.3 is 5.73 Å².